The maximum atomic E-state index is 12.4. The highest BCUT2D eigenvalue weighted by Crippen LogP contribution is 2.28. The number of hydrogen-bond donors (Lipinski definition) is 1. The Morgan fingerprint density at radius 3 is 2.75 bits per heavy atom. The van der Waals surface area contributed by atoms with E-state index < -0.39 is 0 Å². The van der Waals surface area contributed by atoms with Gasteiger partial charge < -0.3 is 15.1 Å². The summed E-state index contributed by atoms with van der Waals surface area (Å²) in [5, 5.41) is 0. The minimum absolute atomic E-state index is 0. The van der Waals surface area contributed by atoms with Crippen molar-refractivity contribution < 1.29 is 9.21 Å². The third kappa shape index (κ3) is 4.41. The SMILES string of the molecule is CC1(C)CN(C(=O)CCc2nc3ccccc3o2)CCC1N.Cl.Cl. The first kappa shape index (κ1) is 20.7. The van der Waals surface area contributed by atoms with Crippen molar-refractivity contribution in [2.24, 2.45) is 11.1 Å². The molecule has 7 heteroatoms. The highest BCUT2D eigenvalue weighted by molar-refractivity contribution is 5.85. The Bertz CT molecular complexity index is 654. The molecule has 1 atom stereocenters. The van der Waals surface area contributed by atoms with Crippen LogP contribution in [0.15, 0.2) is 28.7 Å². The zero-order valence-corrected chi connectivity index (χ0v) is 15.7. The largest absolute Gasteiger partial charge is 0.441 e. The Hall–Kier alpha value is -1.30. The fraction of sp³-hybridized carbons (Fsp3) is 0.529. The van der Waals surface area contributed by atoms with Crippen molar-refractivity contribution in [2.75, 3.05) is 13.1 Å². The summed E-state index contributed by atoms with van der Waals surface area (Å²) >= 11 is 0. The lowest BCUT2D eigenvalue weighted by atomic mass is 9.79. The zero-order chi connectivity index (χ0) is 15.7. The number of amides is 1. The lowest BCUT2D eigenvalue weighted by Crippen LogP contribution is -2.54. The van der Waals surface area contributed by atoms with E-state index in [2.05, 4.69) is 18.8 Å². The number of likely N-dealkylation sites (tertiary alicyclic amines) is 1. The van der Waals surface area contributed by atoms with Crippen LogP contribution in [0.4, 0.5) is 0 Å². The molecule has 1 aromatic heterocycles. The number of fused-ring (bicyclic) bond motifs is 1. The van der Waals surface area contributed by atoms with Gasteiger partial charge in [0.2, 0.25) is 5.91 Å². The number of halogens is 2. The highest BCUT2D eigenvalue weighted by atomic mass is 35.5. The molecule has 2 heterocycles. The second kappa shape index (κ2) is 8.19. The van der Waals surface area contributed by atoms with E-state index in [9.17, 15) is 4.79 Å². The average molecular weight is 374 g/mol. The molecule has 0 spiro atoms. The van der Waals surface area contributed by atoms with Crippen LogP contribution in [0.1, 0.15) is 32.6 Å². The first-order valence-corrected chi connectivity index (χ1v) is 7.83. The van der Waals surface area contributed by atoms with Gasteiger partial charge in [0.15, 0.2) is 11.5 Å². The van der Waals surface area contributed by atoms with Crippen molar-refractivity contribution >= 4 is 41.8 Å². The Balaban J connectivity index is 0.00000144. The second-order valence-electron chi connectivity index (χ2n) is 6.77. The molecule has 5 nitrogen and oxygen atoms in total. The highest BCUT2D eigenvalue weighted by Gasteiger charge is 2.35. The Morgan fingerprint density at radius 2 is 2.08 bits per heavy atom. The number of nitrogens with two attached hydrogens (primary N) is 1. The number of carbonyl (C=O) groups excluding carboxylic acids is 1. The van der Waals surface area contributed by atoms with E-state index in [0.717, 1.165) is 30.6 Å². The molecule has 0 saturated carbocycles. The quantitative estimate of drug-likeness (QED) is 0.896. The van der Waals surface area contributed by atoms with Crippen molar-refractivity contribution in [3.63, 3.8) is 0 Å². The fourth-order valence-electron chi connectivity index (χ4n) is 2.99. The van der Waals surface area contributed by atoms with Crippen LogP contribution in [0.5, 0.6) is 0 Å². The predicted molar refractivity (Wildman–Crippen MR) is 99.8 cm³/mol. The fourth-order valence-corrected chi connectivity index (χ4v) is 2.99. The molecule has 1 aromatic carbocycles. The molecule has 1 aliphatic heterocycles. The molecule has 1 fully saturated rings. The third-order valence-corrected chi connectivity index (χ3v) is 4.56. The number of oxazole rings is 1. The molecule has 2 N–H and O–H groups in total. The van der Waals surface area contributed by atoms with Crippen molar-refractivity contribution in [3.8, 4) is 0 Å². The average Bonchev–Trinajstić information content (AvgIpc) is 2.90. The van der Waals surface area contributed by atoms with Crippen LogP contribution in [0, 0.1) is 5.41 Å². The number of piperidine rings is 1. The van der Waals surface area contributed by atoms with E-state index in [1.165, 1.54) is 0 Å². The normalized spacial score (nSPS) is 19.5. The molecular formula is C17H25Cl2N3O2. The van der Waals surface area contributed by atoms with Gasteiger partial charge in [-0.3, -0.25) is 4.79 Å². The number of aromatic nitrogens is 1. The maximum absolute atomic E-state index is 12.4. The van der Waals surface area contributed by atoms with E-state index in [-0.39, 0.29) is 42.2 Å². The summed E-state index contributed by atoms with van der Waals surface area (Å²) in [4.78, 5) is 18.7. The number of benzene rings is 1. The van der Waals surface area contributed by atoms with Gasteiger partial charge in [-0.05, 0) is 24.0 Å². The van der Waals surface area contributed by atoms with Gasteiger partial charge in [-0.1, -0.05) is 26.0 Å². The molecule has 134 valence electrons. The molecule has 1 amide bonds. The Kier molecular flexibility index (Phi) is 7.08. The molecule has 2 aromatic rings. The molecule has 0 bridgehead atoms. The molecule has 24 heavy (non-hydrogen) atoms. The molecule has 1 aliphatic rings. The Labute approximate surface area is 154 Å². The van der Waals surface area contributed by atoms with Gasteiger partial charge in [0.1, 0.15) is 5.52 Å². The lowest BCUT2D eigenvalue weighted by Gasteiger charge is -2.42. The predicted octanol–water partition coefficient (Wildman–Crippen LogP) is 3.19. The number of nitrogens with zero attached hydrogens (tertiary/aromatic N) is 2. The number of para-hydroxylation sites is 2. The van der Waals surface area contributed by atoms with Gasteiger partial charge in [0.05, 0.1) is 0 Å². The summed E-state index contributed by atoms with van der Waals surface area (Å²) in [5.41, 5.74) is 7.71. The third-order valence-electron chi connectivity index (χ3n) is 4.56. The molecule has 3 rings (SSSR count). The summed E-state index contributed by atoms with van der Waals surface area (Å²) in [7, 11) is 0. The van der Waals surface area contributed by atoms with E-state index in [0.29, 0.717) is 18.7 Å². The van der Waals surface area contributed by atoms with Gasteiger partial charge in [-0.25, -0.2) is 4.98 Å². The van der Waals surface area contributed by atoms with Crippen LogP contribution in [-0.4, -0.2) is 34.9 Å². The minimum Gasteiger partial charge on any atom is -0.441 e. The first-order chi connectivity index (χ1) is 10.5. The number of carbonyl (C=O) groups is 1. The molecule has 0 radical (unpaired) electrons. The zero-order valence-electron chi connectivity index (χ0n) is 14.0. The maximum Gasteiger partial charge on any atom is 0.223 e. The summed E-state index contributed by atoms with van der Waals surface area (Å²) in [6, 6.07) is 7.81. The van der Waals surface area contributed by atoms with Gasteiger partial charge >= 0.3 is 0 Å². The van der Waals surface area contributed by atoms with E-state index in [1.54, 1.807) is 0 Å². The second-order valence-corrected chi connectivity index (χ2v) is 6.77. The van der Waals surface area contributed by atoms with Gasteiger partial charge in [0.25, 0.3) is 0 Å². The molecular weight excluding hydrogens is 349 g/mol. The summed E-state index contributed by atoms with van der Waals surface area (Å²) in [6.45, 7) is 5.72. The van der Waals surface area contributed by atoms with E-state index >= 15 is 0 Å². The van der Waals surface area contributed by atoms with Crippen molar-refractivity contribution in [3.05, 3.63) is 30.2 Å². The first-order valence-electron chi connectivity index (χ1n) is 7.83. The van der Waals surface area contributed by atoms with E-state index in [4.69, 9.17) is 10.2 Å². The van der Waals surface area contributed by atoms with Gasteiger partial charge in [0, 0.05) is 32.0 Å². The van der Waals surface area contributed by atoms with Crippen LogP contribution in [0.25, 0.3) is 11.1 Å². The van der Waals surface area contributed by atoms with E-state index in [1.807, 2.05) is 29.2 Å². The topological polar surface area (TPSA) is 72.4 Å². The standard InChI is InChI=1S/C17H23N3O2.2ClH/c1-17(2)11-20(10-9-14(17)18)16(21)8-7-15-19-12-5-3-4-6-13(12)22-15;;/h3-6,14H,7-11,18H2,1-2H3;2*1H. The van der Waals surface area contributed by atoms with Crippen LogP contribution in [0.2, 0.25) is 0 Å². The summed E-state index contributed by atoms with van der Waals surface area (Å²) < 4.78 is 5.66. The molecule has 0 aliphatic carbocycles. The van der Waals surface area contributed by atoms with Crippen LogP contribution < -0.4 is 5.73 Å². The molecule has 1 unspecified atom stereocenters. The summed E-state index contributed by atoms with van der Waals surface area (Å²) in [6.07, 6.45) is 1.83. The Morgan fingerprint density at radius 1 is 1.38 bits per heavy atom. The van der Waals surface area contributed by atoms with Crippen LogP contribution >= 0.6 is 24.8 Å². The number of hydrogen-bond acceptors (Lipinski definition) is 4. The monoisotopic (exact) mass is 373 g/mol. The smallest absolute Gasteiger partial charge is 0.223 e. The van der Waals surface area contributed by atoms with Crippen LogP contribution in [0.3, 0.4) is 0 Å². The lowest BCUT2D eigenvalue weighted by molar-refractivity contribution is -0.134. The van der Waals surface area contributed by atoms with Crippen LogP contribution in [-0.2, 0) is 11.2 Å². The summed E-state index contributed by atoms with van der Waals surface area (Å²) in [5.74, 6) is 0.782. The van der Waals surface area contributed by atoms with Crippen molar-refractivity contribution in [1.29, 1.82) is 0 Å². The number of rotatable bonds is 3. The number of aryl methyl sites for hydroxylation is 1. The minimum atomic E-state index is -0.0223. The van der Waals surface area contributed by atoms with Gasteiger partial charge in [-0.2, -0.15) is 0 Å². The van der Waals surface area contributed by atoms with Crippen molar-refractivity contribution in [2.45, 2.75) is 39.2 Å². The van der Waals surface area contributed by atoms with Gasteiger partial charge in [-0.15, -0.1) is 24.8 Å². The molecule has 1 saturated heterocycles. The van der Waals surface area contributed by atoms with Crippen molar-refractivity contribution in [1.82, 2.24) is 9.88 Å².